The summed E-state index contributed by atoms with van der Waals surface area (Å²) >= 11 is 0. The molecular formula is C39H32O14. The molecule has 0 spiro atoms. The highest BCUT2D eigenvalue weighted by molar-refractivity contribution is 6.05. The van der Waals surface area contributed by atoms with E-state index in [1.807, 2.05) is 0 Å². The number of ketones is 2. The van der Waals surface area contributed by atoms with Crippen LogP contribution < -0.4 is 10.2 Å². The molecule has 1 saturated heterocycles. The molecule has 8 N–H and O–H groups in total. The van der Waals surface area contributed by atoms with Gasteiger partial charge in [0.2, 0.25) is 23.1 Å². The Bertz CT molecular complexity index is 2310. The van der Waals surface area contributed by atoms with Gasteiger partial charge >= 0.3 is 0 Å². The Labute approximate surface area is 299 Å². The van der Waals surface area contributed by atoms with Crippen LogP contribution in [-0.4, -0.2) is 82.1 Å². The lowest BCUT2D eigenvalue weighted by Gasteiger charge is -2.50. The average molecular weight is 725 g/mol. The number of hydrogen-bond acceptors (Lipinski definition) is 14. The number of rotatable bonds is 9. The van der Waals surface area contributed by atoms with Crippen LogP contribution in [0.25, 0.3) is 34.4 Å². The fourth-order valence-corrected chi connectivity index (χ4v) is 5.85. The Kier molecular flexibility index (Phi) is 9.55. The van der Waals surface area contributed by atoms with E-state index in [-0.39, 0.29) is 34.2 Å². The van der Waals surface area contributed by atoms with E-state index in [1.165, 1.54) is 84.9 Å². The number of phenolic OH excluding ortho intramolecular Hbond substituents is 5. The number of phenols is 5. The molecule has 4 aromatic carbocycles. The molecule has 1 aliphatic rings. The van der Waals surface area contributed by atoms with E-state index in [1.54, 1.807) is 0 Å². The number of aliphatic hydroxyl groups excluding tert-OH is 1. The molecule has 272 valence electrons. The molecule has 2 heterocycles. The van der Waals surface area contributed by atoms with Gasteiger partial charge in [-0.2, -0.15) is 0 Å². The number of benzene rings is 4. The van der Waals surface area contributed by atoms with Crippen molar-refractivity contribution in [3.05, 3.63) is 118 Å². The monoisotopic (exact) mass is 724 g/mol. The van der Waals surface area contributed by atoms with E-state index in [0.717, 1.165) is 31.2 Å². The van der Waals surface area contributed by atoms with Gasteiger partial charge in [0.1, 0.15) is 45.8 Å². The third-order valence-corrected chi connectivity index (χ3v) is 8.84. The maximum atomic E-state index is 14.0. The molecule has 1 fully saturated rings. The van der Waals surface area contributed by atoms with Gasteiger partial charge in [0.15, 0.2) is 22.9 Å². The van der Waals surface area contributed by atoms with E-state index in [4.69, 9.17) is 13.9 Å². The molecule has 14 nitrogen and oxygen atoms in total. The molecule has 0 amide bonds. The van der Waals surface area contributed by atoms with Crippen LogP contribution in [0.4, 0.5) is 0 Å². The van der Waals surface area contributed by atoms with Gasteiger partial charge in [-0.3, -0.25) is 14.4 Å². The minimum Gasteiger partial charge on any atom is -0.508 e. The van der Waals surface area contributed by atoms with Crippen LogP contribution >= 0.6 is 0 Å². The highest BCUT2D eigenvalue weighted by Gasteiger charge is 2.68. The van der Waals surface area contributed by atoms with Crippen molar-refractivity contribution in [3.8, 4) is 45.8 Å². The van der Waals surface area contributed by atoms with Crippen molar-refractivity contribution in [1.82, 2.24) is 0 Å². The first-order valence-electron chi connectivity index (χ1n) is 15.9. The van der Waals surface area contributed by atoms with E-state index in [0.29, 0.717) is 11.1 Å². The van der Waals surface area contributed by atoms with Crippen molar-refractivity contribution >= 4 is 34.7 Å². The van der Waals surface area contributed by atoms with Crippen LogP contribution in [0.15, 0.2) is 106 Å². The second kappa shape index (κ2) is 13.9. The van der Waals surface area contributed by atoms with Gasteiger partial charge in [-0.05, 0) is 78.7 Å². The summed E-state index contributed by atoms with van der Waals surface area (Å²) in [5.41, 5.74) is -6.88. The van der Waals surface area contributed by atoms with Crippen LogP contribution in [-0.2, 0) is 14.3 Å². The number of aliphatic hydroxyl groups is 3. The zero-order chi connectivity index (χ0) is 38.2. The van der Waals surface area contributed by atoms with Gasteiger partial charge < -0.3 is 54.7 Å². The Morgan fingerprint density at radius 1 is 0.717 bits per heavy atom. The molecule has 6 rings (SSSR count). The molecule has 1 unspecified atom stereocenters. The fourth-order valence-electron chi connectivity index (χ4n) is 5.85. The van der Waals surface area contributed by atoms with E-state index in [2.05, 4.69) is 0 Å². The van der Waals surface area contributed by atoms with Crippen LogP contribution in [0.2, 0.25) is 0 Å². The van der Waals surface area contributed by atoms with Crippen molar-refractivity contribution < 1.29 is 64.3 Å². The van der Waals surface area contributed by atoms with Crippen molar-refractivity contribution in [1.29, 1.82) is 0 Å². The Hall–Kier alpha value is -6.45. The third-order valence-electron chi connectivity index (χ3n) is 8.84. The summed E-state index contributed by atoms with van der Waals surface area (Å²) in [7, 11) is 0. The summed E-state index contributed by atoms with van der Waals surface area (Å²) in [5, 5.41) is 85.1. The summed E-state index contributed by atoms with van der Waals surface area (Å²) in [6.07, 6.45) is -2.63. The van der Waals surface area contributed by atoms with E-state index < -0.39 is 69.3 Å². The number of fused-ring (bicyclic) bond motifs is 1. The lowest BCUT2D eigenvalue weighted by atomic mass is 9.72. The lowest BCUT2D eigenvalue weighted by molar-refractivity contribution is -0.320. The standard InChI is InChI=1S/C39H32O14/c1-20-38(49,30(45)16-6-21-2-10-24(40)11-3-21)36(48)39(50,31(46)17-7-22-4-12-25(41)13-5-22)37(51-20)53-35-33(47)32-28(44)18-27(43)19-29(32)52-34(35)23-8-14-26(42)15-9-23/h2-20,36-37,40-44,48-50H,1H3/t20-,36+,37?,38+,39+/m1/s1. The van der Waals surface area contributed by atoms with Gasteiger partial charge in [0.05, 0.1) is 6.10 Å². The normalized spacial score (nSPS) is 23.1. The molecule has 14 heteroatoms. The van der Waals surface area contributed by atoms with Gasteiger partial charge in [0.25, 0.3) is 0 Å². The smallest absolute Gasteiger partial charge is 0.240 e. The second-order valence-corrected chi connectivity index (χ2v) is 12.3. The molecule has 1 aromatic heterocycles. The molecule has 0 saturated carbocycles. The number of aromatic hydroxyl groups is 5. The molecule has 0 aliphatic carbocycles. The first-order chi connectivity index (χ1) is 25.1. The third kappa shape index (κ3) is 6.70. The first-order valence-corrected chi connectivity index (χ1v) is 15.9. The second-order valence-electron chi connectivity index (χ2n) is 12.3. The van der Waals surface area contributed by atoms with Gasteiger partial charge in [-0.15, -0.1) is 0 Å². The Morgan fingerprint density at radius 2 is 1.21 bits per heavy atom. The predicted octanol–water partition coefficient (Wildman–Crippen LogP) is 3.50. The molecule has 1 aliphatic heterocycles. The van der Waals surface area contributed by atoms with Gasteiger partial charge in [-0.25, -0.2) is 0 Å². The highest BCUT2D eigenvalue weighted by Crippen LogP contribution is 2.42. The fraction of sp³-hybridized carbons (Fsp3) is 0.154. The largest absolute Gasteiger partial charge is 0.508 e. The molecule has 5 atom stereocenters. The summed E-state index contributed by atoms with van der Waals surface area (Å²) in [4.78, 5) is 41.7. The maximum Gasteiger partial charge on any atom is 0.240 e. The van der Waals surface area contributed by atoms with Crippen molar-refractivity contribution in [3.63, 3.8) is 0 Å². The quantitative estimate of drug-likeness (QED) is 0.102. The first kappa shape index (κ1) is 36.3. The zero-order valence-corrected chi connectivity index (χ0v) is 27.7. The van der Waals surface area contributed by atoms with Crippen LogP contribution in [0, 0.1) is 0 Å². The number of ether oxygens (including phenoxy) is 2. The molecule has 53 heavy (non-hydrogen) atoms. The SMILES string of the molecule is C[C@H]1OC(Oc2c(-c3ccc(O)cc3)oc3cc(O)cc(O)c3c2=O)[C@](O)(C(=O)C=Cc2ccc(O)cc2)[C@@H](O)[C@@]1(O)C(=O)C=Cc1ccc(O)cc1. The van der Waals surface area contributed by atoms with Crippen molar-refractivity contribution in [2.24, 2.45) is 0 Å². The highest BCUT2D eigenvalue weighted by atomic mass is 16.7. The summed E-state index contributed by atoms with van der Waals surface area (Å²) in [5.74, 6) is -5.18. The summed E-state index contributed by atoms with van der Waals surface area (Å²) < 4.78 is 17.6. The van der Waals surface area contributed by atoms with Crippen molar-refractivity contribution in [2.75, 3.05) is 0 Å². The maximum absolute atomic E-state index is 14.0. The number of carbonyl (C=O) groups excluding carboxylic acids is 2. The topological polar surface area (TPSA) is 245 Å². The van der Waals surface area contributed by atoms with Crippen LogP contribution in [0.5, 0.6) is 34.5 Å². The molecule has 5 aromatic rings. The van der Waals surface area contributed by atoms with Gasteiger partial charge in [-0.1, -0.05) is 36.4 Å². The molecular weight excluding hydrogens is 692 g/mol. The van der Waals surface area contributed by atoms with Crippen LogP contribution in [0.3, 0.4) is 0 Å². The molecule has 0 bridgehead atoms. The minimum absolute atomic E-state index is 0.0471. The predicted molar refractivity (Wildman–Crippen MR) is 188 cm³/mol. The summed E-state index contributed by atoms with van der Waals surface area (Å²) in [6, 6.07) is 18.1. The van der Waals surface area contributed by atoms with E-state index >= 15 is 0 Å². The minimum atomic E-state index is -3.35. The van der Waals surface area contributed by atoms with E-state index in [9.17, 15) is 55.2 Å². The molecule has 0 radical (unpaired) electrons. The average Bonchev–Trinajstić information content (AvgIpc) is 3.13. The lowest BCUT2D eigenvalue weighted by Crippen LogP contribution is -2.77. The summed E-state index contributed by atoms with van der Waals surface area (Å²) in [6.45, 7) is 1.15. The number of hydrogen-bond donors (Lipinski definition) is 8. The number of carbonyl (C=O) groups is 2. The Morgan fingerprint density at radius 3 is 1.74 bits per heavy atom. The Balaban J connectivity index is 1.48. The van der Waals surface area contributed by atoms with Crippen LogP contribution in [0.1, 0.15) is 18.1 Å². The van der Waals surface area contributed by atoms with Crippen molar-refractivity contribution in [2.45, 2.75) is 36.6 Å². The zero-order valence-electron chi connectivity index (χ0n) is 27.7. The van der Waals surface area contributed by atoms with Gasteiger partial charge in [0, 0.05) is 17.7 Å².